The predicted molar refractivity (Wildman–Crippen MR) is 75.2 cm³/mol. The van der Waals surface area contributed by atoms with E-state index in [0.717, 1.165) is 19.4 Å². The maximum atomic E-state index is 12.2. The highest BCUT2D eigenvalue weighted by atomic mass is 32.1. The van der Waals surface area contributed by atoms with Crippen LogP contribution in [0.15, 0.2) is 22.6 Å². The van der Waals surface area contributed by atoms with Crippen molar-refractivity contribution in [3.05, 3.63) is 33.7 Å². The molecule has 1 saturated heterocycles. The van der Waals surface area contributed by atoms with Crippen LogP contribution in [0.25, 0.3) is 4.96 Å². The summed E-state index contributed by atoms with van der Waals surface area (Å²) >= 11 is 1.36. The molecule has 2 aromatic rings. The van der Waals surface area contributed by atoms with Gasteiger partial charge in [-0.1, -0.05) is 0 Å². The fraction of sp³-hybridized carbons (Fsp3) is 0.462. The van der Waals surface area contributed by atoms with Crippen LogP contribution >= 0.6 is 11.3 Å². The van der Waals surface area contributed by atoms with E-state index in [2.05, 4.69) is 10.3 Å². The van der Waals surface area contributed by atoms with Crippen molar-refractivity contribution in [1.82, 2.24) is 14.7 Å². The summed E-state index contributed by atoms with van der Waals surface area (Å²) in [5, 5.41) is 4.59. The van der Waals surface area contributed by atoms with Crippen molar-refractivity contribution in [2.75, 3.05) is 6.61 Å². The van der Waals surface area contributed by atoms with Gasteiger partial charge in [-0.2, -0.15) is 0 Å². The number of hydrogen-bond acceptors (Lipinski definition) is 5. The quantitative estimate of drug-likeness (QED) is 0.918. The van der Waals surface area contributed by atoms with Gasteiger partial charge in [-0.25, -0.2) is 4.98 Å². The Morgan fingerprint density at radius 3 is 3.25 bits per heavy atom. The summed E-state index contributed by atoms with van der Waals surface area (Å²) in [4.78, 5) is 29.1. The number of carbonyl (C=O) groups excluding carboxylic acids is 1. The Morgan fingerprint density at radius 2 is 2.50 bits per heavy atom. The van der Waals surface area contributed by atoms with Crippen LogP contribution in [-0.4, -0.2) is 34.0 Å². The van der Waals surface area contributed by atoms with Gasteiger partial charge in [0.1, 0.15) is 5.56 Å². The third-order valence-corrected chi connectivity index (χ3v) is 4.24. The van der Waals surface area contributed by atoms with Crippen LogP contribution in [0, 0.1) is 0 Å². The molecule has 2 unspecified atom stereocenters. The number of hydrogen-bond donors (Lipinski definition) is 1. The van der Waals surface area contributed by atoms with Crippen LogP contribution in [-0.2, 0) is 4.74 Å². The van der Waals surface area contributed by atoms with E-state index in [1.165, 1.54) is 21.9 Å². The van der Waals surface area contributed by atoms with Gasteiger partial charge in [-0.15, -0.1) is 11.3 Å². The Morgan fingerprint density at radius 1 is 1.65 bits per heavy atom. The number of nitrogens with one attached hydrogen (secondary N) is 1. The molecule has 0 radical (unpaired) electrons. The molecule has 1 aliphatic rings. The summed E-state index contributed by atoms with van der Waals surface area (Å²) in [5.41, 5.74) is -0.279. The van der Waals surface area contributed by atoms with E-state index in [4.69, 9.17) is 4.74 Å². The molecule has 0 aliphatic carbocycles. The molecule has 1 N–H and O–H groups in total. The van der Waals surface area contributed by atoms with Crippen molar-refractivity contribution < 1.29 is 9.53 Å². The molecular weight excluding hydrogens is 278 g/mol. The highest BCUT2D eigenvalue weighted by Gasteiger charge is 2.25. The first-order valence-electron chi connectivity index (χ1n) is 6.54. The van der Waals surface area contributed by atoms with Gasteiger partial charge in [0.2, 0.25) is 0 Å². The summed E-state index contributed by atoms with van der Waals surface area (Å²) in [6.07, 6.45) is 4.93. The van der Waals surface area contributed by atoms with E-state index in [9.17, 15) is 9.59 Å². The topological polar surface area (TPSA) is 72.7 Å². The summed E-state index contributed by atoms with van der Waals surface area (Å²) in [7, 11) is 0. The van der Waals surface area contributed by atoms with Crippen LogP contribution in [0.3, 0.4) is 0 Å². The predicted octanol–water partition coefficient (Wildman–Crippen LogP) is 1.05. The molecule has 1 fully saturated rings. The molecule has 2 aromatic heterocycles. The lowest BCUT2D eigenvalue weighted by Gasteiger charge is -2.19. The molecule has 0 bridgehead atoms. The summed E-state index contributed by atoms with van der Waals surface area (Å²) in [6.45, 7) is 2.62. The Labute approximate surface area is 119 Å². The largest absolute Gasteiger partial charge is 0.376 e. The summed E-state index contributed by atoms with van der Waals surface area (Å²) in [5.74, 6) is -0.397. The van der Waals surface area contributed by atoms with E-state index in [-0.39, 0.29) is 23.3 Å². The zero-order valence-corrected chi connectivity index (χ0v) is 11.9. The molecule has 3 heterocycles. The van der Waals surface area contributed by atoms with E-state index in [0.29, 0.717) is 4.96 Å². The minimum Gasteiger partial charge on any atom is -0.376 e. The van der Waals surface area contributed by atoms with Crippen LogP contribution in [0.1, 0.15) is 30.1 Å². The van der Waals surface area contributed by atoms with Crippen LogP contribution in [0.2, 0.25) is 0 Å². The fourth-order valence-corrected chi connectivity index (χ4v) is 3.03. The second kappa shape index (κ2) is 5.34. The van der Waals surface area contributed by atoms with Crippen LogP contribution < -0.4 is 10.9 Å². The van der Waals surface area contributed by atoms with E-state index in [1.807, 2.05) is 6.92 Å². The van der Waals surface area contributed by atoms with Crippen LogP contribution in [0.5, 0.6) is 0 Å². The number of ether oxygens (including phenoxy) is 1. The minimum atomic E-state index is -0.397. The van der Waals surface area contributed by atoms with Gasteiger partial charge < -0.3 is 10.1 Å². The first-order valence-corrected chi connectivity index (χ1v) is 7.42. The number of aromatic nitrogens is 2. The SMILES string of the molecule is CC(NC(=O)c1cnc2sccn2c1=O)C1CCCO1. The Balaban J connectivity index is 1.81. The first kappa shape index (κ1) is 13.3. The average Bonchev–Trinajstić information content (AvgIpc) is 3.10. The number of fused-ring (bicyclic) bond motifs is 1. The lowest BCUT2D eigenvalue weighted by atomic mass is 10.1. The van der Waals surface area contributed by atoms with Crippen molar-refractivity contribution >= 4 is 22.2 Å². The van der Waals surface area contributed by atoms with Gasteiger partial charge in [0, 0.05) is 24.4 Å². The van der Waals surface area contributed by atoms with E-state index < -0.39 is 5.91 Å². The lowest BCUT2D eigenvalue weighted by Crippen LogP contribution is -2.42. The lowest BCUT2D eigenvalue weighted by molar-refractivity contribution is 0.0711. The molecule has 7 heteroatoms. The third kappa shape index (κ3) is 2.34. The molecule has 1 aliphatic heterocycles. The number of carbonyl (C=O) groups is 1. The van der Waals surface area contributed by atoms with Gasteiger partial charge in [0.05, 0.1) is 12.1 Å². The van der Waals surface area contributed by atoms with Gasteiger partial charge >= 0.3 is 0 Å². The Hall–Kier alpha value is -1.73. The minimum absolute atomic E-state index is 0.0274. The number of amides is 1. The van der Waals surface area contributed by atoms with E-state index in [1.54, 1.807) is 11.6 Å². The molecule has 0 spiro atoms. The zero-order valence-electron chi connectivity index (χ0n) is 11.0. The maximum Gasteiger partial charge on any atom is 0.271 e. The van der Waals surface area contributed by atoms with Gasteiger partial charge in [0.25, 0.3) is 11.5 Å². The van der Waals surface area contributed by atoms with Crippen LogP contribution in [0.4, 0.5) is 0 Å². The maximum absolute atomic E-state index is 12.2. The zero-order chi connectivity index (χ0) is 14.1. The standard InChI is InChI=1S/C13H15N3O3S/c1-8(10-3-2-5-19-10)15-11(17)9-7-14-13-16(12(9)18)4-6-20-13/h4,6-8,10H,2-3,5H2,1H3,(H,15,17). The summed E-state index contributed by atoms with van der Waals surface area (Å²) in [6, 6.07) is -0.118. The molecular formula is C13H15N3O3S. The molecule has 0 aromatic carbocycles. The van der Waals surface area contributed by atoms with Crippen molar-refractivity contribution in [1.29, 1.82) is 0 Å². The molecule has 0 saturated carbocycles. The monoisotopic (exact) mass is 293 g/mol. The Kier molecular flexibility index (Phi) is 3.54. The molecule has 2 atom stereocenters. The van der Waals surface area contributed by atoms with Crippen molar-refractivity contribution in [2.24, 2.45) is 0 Å². The number of thiazole rings is 1. The highest BCUT2D eigenvalue weighted by Crippen LogP contribution is 2.15. The van der Waals surface area contributed by atoms with Crippen molar-refractivity contribution in [3.8, 4) is 0 Å². The number of nitrogens with zero attached hydrogens (tertiary/aromatic N) is 2. The van der Waals surface area contributed by atoms with Gasteiger partial charge in [-0.3, -0.25) is 14.0 Å². The fourth-order valence-electron chi connectivity index (χ4n) is 2.35. The van der Waals surface area contributed by atoms with Crippen molar-refractivity contribution in [3.63, 3.8) is 0 Å². The molecule has 6 nitrogen and oxygen atoms in total. The highest BCUT2D eigenvalue weighted by molar-refractivity contribution is 7.15. The number of rotatable bonds is 3. The van der Waals surface area contributed by atoms with E-state index >= 15 is 0 Å². The second-order valence-corrected chi connectivity index (χ2v) is 5.72. The summed E-state index contributed by atoms with van der Waals surface area (Å²) < 4.78 is 6.91. The molecule has 106 valence electrons. The normalized spacial score (nSPS) is 20.1. The van der Waals surface area contributed by atoms with Gasteiger partial charge in [-0.05, 0) is 19.8 Å². The Bertz CT molecular complexity index is 687. The smallest absolute Gasteiger partial charge is 0.271 e. The molecule has 1 amide bonds. The first-order chi connectivity index (χ1) is 9.66. The molecule has 20 heavy (non-hydrogen) atoms. The molecule has 3 rings (SSSR count). The van der Waals surface area contributed by atoms with Gasteiger partial charge in [0.15, 0.2) is 4.96 Å². The average molecular weight is 293 g/mol. The van der Waals surface area contributed by atoms with Crippen molar-refractivity contribution in [2.45, 2.75) is 31.9 Å². The third-order valence-electron chi connectivity index (χ3n) is 3.47. The second-order valence-electron chi connectivity index (χ2n) is 4.85.